The summed E-state index contributed by atoms with van der Waals surface area (Å²) in [5.74, 6) is 0.836. The van der Waals surface area contributed by atoms with E-state index in [0.717, 1.165) is 24.7 Å². The predicted octanol–water partition coefficient (Wildman–Crippen LogP) is 0.908. The highest BCUT2D eigenvalue weighted by Crippen LogP contribution is 2.13. The summed E-state index contributed by atoms with van der Waals surface area (Å²) in [5.41, 5.74) is 1.05. The van der Waals surface area contributed by atoms with Gasteiger partial charge in [-0.3, -0.25) is 9.97 Å². The Balaban J connectivity index is 1.77. The third-order valence-electron chi connectivity index (χ3n) is 3.08. The fraction of sp³-hybridized carbons (Fsp3) is 0.667. The normalized spacial score (nSPS) is 17.9. The number of piperidine rings is 1. The fourth-order valence-corrected chi connectivity index (χ4v) is 2.26. The van der Waals surface area contributed by atoms with Crippen molar-refractivity contribution in [3.05, 3.63) is 24.3 Å². The first-order valence-electron chi connectivity index (χ1n) is 5.99. The summed E-state index contributed by atoms with van der Waals surface area (Å²) in [7, 11) is 2.16. The largest absolute Gasteiger partial charge is 0.317 e. The smallest absolute Gasteiger partial charge is 0.0726 e. The van der Waals surface area contributed by atoms with Crippen molar-refractivity contribution in [2.45, 2.75) is 19.4 Å². The molecule has 0 bridgehead atoms. The van der Waals surface area contributed by atoms with Crippen LogP contribution >= 0.6 is 0 Å². The van der Waals surface area contributed by atoms with Gasteiger partial charge in [0.15, 0.2) is 0 Å². The maximum absolute atomic E-state index is 4.30. The third kappa shape index (κ3) is 3.54. The van der Waals surface area contributed by atoms with E-state index in [0.29, 0.717) is 0 Å². The molecular formula is C12H20N4. The van der Waals surface area contributed by atoms with E-state index in [1.165, 1.54) is 25.9 Å². The van der Waals surface area contributed by atoms with E-state index < -0.39 is 0 Å². The Labute approximate surface area is 97.1 Å². The maximum Gasteiger partial charge on any atom is 0.0726 e. The Kier molecular flexibility index (Phi) is 4.25. The maximum atomic E-state index is 4.30. The van der Waals surface area contributed by atoms with Crippen molar-refractivity contribution in [1.82, 2.24) is 20.2 Å². The molecule has 16 heavy (non-hydrogen) atoms. The number of aromatic nitrogens is 2. The molecule has 1 N–H and O–H groups in total. The van der Waals surface area contributed by atoms with Crippen LogP contribution in [0.5, 0.6) is 0 Å². The van der Waals surface area contributed by atoms with E-state index in [1.807, 2.05) is 6.20 Å². The Morgan fingerprint density at radius 3 is 2.88 bits per heavy atom. The molecule has 2 heterocycles. The average Bonchev–Trinajstić information content (AvgIpc) is 2.31. The minimum absolute atomic E-state index is 0.836. The van der Waals surface area contributed by atoms with Crippen LogP contribution in [-0.4, -0.2) is 41.5 Å². The van der Waals surface area contributed by atoms with Crippen molar-refractivity contribution >= 4 is 0 Å². The Morgan fingerprint density at radius 1 is 1.38 bits per heavy atom. The first-order chi connectivity index (χ1) is 7.84. The van der Waals surface area contributed by atoms with Crippen molar-refractivity contribution in [2.24, 2.45) is 5.92 Å². The molecule has 1 aromatic heterocycles. The molecule has 0 unspecified atom stereocenters. The van der Waals surface area contributed by atoms with Crippen LogP contribution in [0.4, 0.5) is 0 Å². The molecule has 1 aliphatic heterocycles. The summed E-state index contributed by atoms with van der Waals surface area (Å²) in [6.07, 6.45) is 7.92. The number of nitrogens with one attached hydrogen (secondary N) is 1. The van der Waals surface area contributed by atoms with Crippen LogP contribution in [0.25, 0.3) is 0 Å². The molecule has 1 fully saturated rings. The summed E-state index contributed by atoms with van der Waals surface area (Å²) >= 11 is 0. The molecule has 4 nitrogen and oxygen atoms in total. The van der Waals surface area contributed by atoms with Crippen molar-refractivity contribution in [3.8, 4) is 0 Å². The first kappa shape index (κ1) is 11.5. The zero-order valence-corrected chi connectivity index (χ0v) is 9.89. The highest BCUT2D eigenvalue weighted by atomic mass is 15.1. The van der Waals surface area contributed by atoms with Crippen LogP contribution in [0, 0.1) is 5.92 Å². The lowest BCUT2D eigenvalue weighted by Crippen LogP contribution is -2.34. The Hall–Kier alpha value is -1.00. The lowest BCUT2D eigenvalue weighted by molar-refractivity contribution is 0.232. The molecule has 1 aliphatic rings. The zero-order chi connectivity index (χ0) is 11.2. The SMILES string of the molecule is CN(Cc1cnccn1)CC1CCNCC1. The quantitative estimate of drug-likeness (QED) is 0.819. The van der Waals surface area contributed by atoms with Gasteiger partial charge in [-0.2, -0.15) is 0 Å². The predicted molar refractivity (Wildman–Crippen MR) is 64.0 cm³/mol. The molecule has 0 spiro atoms. The van der Waals surface area contributed by atoms with Gasteiger partial charge in [-0.15, -0.1) is 0 Å². The Morgan fingerprint density at radius 2 is 2.19 bits per heavy atom. The molecule has 4 heteroatoms. The van der Waals surface area contributed by atoms with Gasteiger partial charge in [-0.25, -0.2) is 0 Å². The summed E-state index contributed by atoms with van der Waals surface area (Å²) in [5, 5.41) is 3.40. The monoisotopic (exact) mass is 220 g/mol. The topological polar surface area (TPSA) is 41.1 Å². The van der Waals surface area contributed by atoms with Gasteiger partial charge in [0.05, 0.1) is 5.69 Å². The standard InChI is InChI=1S/C12H20N4/c1-16(9-11-2-4-13-5-3-11)10-12-8-14-6-7-15-12/h6-8,11,13H,2-5,9-10H2,1H3. The summed E-state index contributed by atoms with van der Waals surface area (Å²) < 4.78 is 0. The van der Waals surface area contributed by atoms with E-state index in [9.17, 15) is 0 Å². The van der Waals surface area contributed by atoms with Crippen LogP contribution in [0.3, 0.4) is 0 Å². The van der Waals surface area contributed by atoms with Gasteiger partial charge in [-0.1, -0.05) is 0 Å². The minimum Gasteiger partial charge on any atom is -0.317 e. The lowest BCUT2D eigenvalue weighted by atomic mass is 9.98. The highest BCUT2D eigenvalue weighted by molar-refractivity contribution is 4.94. The molecule has 88 valence electrons. The van der Waals surface area contributed by atoms with Gasteiger partial charge in [0.25, 0.3) is 0 Å². The summed E-state index contributed by atoms with van der Waals surface area (Å²) in [6, 6.07) is 0. The number of hydrogen-bond acceptors (Lipinski definition) is 4. The molecule has 1 saturated heterocycles. The highest BCUT2D eigenvalue weighted by Gasteiger charge is 2.15. The summed E-state index contributed by atoms with van der Waals surface area (Å²) in [6.45, 7) is 4.41. The summed E-state index contributed by atoms with van der Waals surface area (Å²) in [4.78, 5) is 10.7. The van der Waals surface area contributed by atoms with Crippen LogP contribution in [-0.2, 0) is 6.54 Å². The number of hydrogen-bond donors (Lipinski definition) is 1. The fourth-order valence-electron chi connectivity index (χ4n) is 2.26. The average molecular weight is 220 g/mol. The van der Waals surface area contributed by atoms with Gasteiger partial charge in [0.1, 0.15) is 0 Å². The first-order valence-corrected chi connectivity index (χ1v) is 5.99. The molecule has 0 saturated carbocycles. The van der Waals surface area contributed by atoms with Crippen LogP contribution in [0.15, 0.2) is 18.6 Å². The van der Waals surface area contributed by atoms with Crippen molar-refractivity contribution in [2.75, 3.05) is 26.7 Å². The van der Waals surface area contributed by atoms with E-state index in [4.69, 9.17) is 0 Å². The molecule has 2 rings (SSSR count). The molecular weight excluding hydrogens is 200 g/mol. The lowest BCUT2D eigenvalue weighted by Gasteiger charge is -2.27. The van der Waals surface area contributed by atoms with Crippen LogP contribution in [0.1, 0.15) is 18.5 Å². The minimum atomic E-state index is 0.836. The molecule has 1 aromatic rings. The van der Waals surface area contributed by atoms with Gasteiger partial charge in [0, 0.05) is 31.7 Å². The molecule has 0 aromatic carbocycles. The second kappa shape index (κ2) is 5.92. The van der Waals surface area contributed by atoms with Crippen molar-refractivity contribution in [1.29, 1.82) is 0 Å². The molecule has 0 atom stereocenters. The van der Waals surface area contributed by atoms with Gasteiger partial charge < -0.3 is 10.2 Å². The molecule has 0 aliphatic carbocycles. The van der Waals surface area contributed by atoms with Crippen molar-refractivity contribution < 1.29 is 0 Å². The van der Waals surface area contributed by atoms with Crippen LogP contribution in [0.2, 0.25) is 0 Å². The third-order valence-corrected chi connectivity index (χ3v) is 3.08. The van der Waals surface area contributed by atoms with Crippen molar-refractivity contribution in [3.63, 3.8) is 0 Å². The van der Waals surface area contributed by atoms with Gasteiger partial charge in [-0.05, 0) is 38.9 Å². The van der Waals surface area contributed by atoms with Gasteiger partial charge in [0.2, 0.25) is 0 Å². The number of nitrogens with zero attached hydrogens (tertiary/aromatic N) is 3. The Bertz CT molecular complexity index is 295. The molecule has 0 amide bonds. The second-order valence-electron chi connectivity index (χ2n) is 4.59. The van der Waals surface area contributed by atoms with E-state index in [2.05, 4.69) is 27.2 Å². The van der Waals surface area contributed by atoms with Crippen LogP contribution < -0.4 is 5.32 Å². The van der Waals surface area contributed by atoms with E-state index in [-0.39, 0.29) is 0 Å². The molecule has 0 radical (unpaired) electrons. The number of rotatable bonds is 4. The van der Waals surface area contributed by atoms with E-state index in [1.54, 1.807) is 12.4 Å². The zero-order valence-electron chi connectivity index (χ0n) is 9.89. The van der Waals surface area contributed by atoms with Gasteiger partial charge >= 0.3 is 0 Å². The second-order valence-corrected chi connectivity index (χ2v) is 4.59. The van der Waals surface area contributed by atoms with E-state index >= 15 is 0 Å².